The van der Waals surface area contributed by atoms with Crippen LogP contribution in [0.5, 0.6) is 0 Å². The van der Waals surface area contributed by atoms with Crippen molar-refractivity contribution < 1.29 is 138 Å². The molecule has 0 aromatic heterocycles. The molecule has 594 valence electrons. The van der Waals surface area contributed by atoms with E-state index in [1.807, 2.05) is 48.5 Å². The first-order valence-electron chi connectivity index (χ1n) is 35.8. The molecule has 0 saturated carbocycles. The zero-order valence-corrected chi connectivity index (χ0v) is 62.7. The number of nitrogens with one attached hydrogen (secondary N) is 2. The van der Waals surface area contributed by atoms with Crippen molar-refractivity contribution in [2.24, 2.45) is 0 Å². The third-order valence-electron chi connectivity index (χ3n) is 17.8. The van der Waals surface area contributed by atoms with Gasteiger partial charge in [0.15, 0.2) is 67.6 Å². The minimum Gasteiger partial charge on any atom is -0.463 e. The summed E-state index contributed by atoms with van der Waals surface area (Å²) in [4.78, 5) is 167. The molecule has 2 amide bonds. The van der Waals surface area contributed by atoms with Crippen molar-refractivity contribution in [3.63, 3.8) is 0 Å². The van der Waals surface area contributed by atoms with Gasteiger partial charge in [-0.3, -0.25) is 28.8 Å². The van der Waals surface area contributed by atoms with Gasteiger partial charge in [-0.05, 0) is 98.5 Å². The fourth-order valence-corrected chi connectivity index (χ4v) is 13.1. The van der Waals surface area contributed by atoms with Gasteiger partial charge in [0.25, 0.3) is 0 Å². The number of amides is 2. The Morgan fingerprint density at radius 2 is 0.777 bits per heavy atom. The number of fused-ring (bicyclic) bond motifs is 3. The van der Waals surface area contributed by atoms with Crippen LogP contribution in [0.3, 0.4) is 0 Å². The second-order valence-corrected chi connectivity index (χ2v) is 27.4. The van der Waals surface area contributed by atoms with Crippen LogP contribution in [0.1, 0.15) is 128 Å². The summed E-state index contributed by atoms with van der Waals surface area (Å²) in [5.74, 6) is -11.6. The highest BCUT2D eigenvalue weighted by atomic mass is 16.8. The van der Waals surface area contributed by atoms with Gasteiger partial charge in [0.05, 0.1) is 35.0 Å². The van der Waals surface area contributed by atoms with Crippen molar-refractivity contribution >= 4 is 71.7 Å². The number of carbonyl (C=O) groups excluding carboxylic acids is 12. The van der Waals surface area contributed by atoms with Gasteiger partial charge < -0.3 is 91.2 Å². The van der Waals surface area contributed by atoms with Gasteiger partial charge in [-0.1, -0.05) is 121 Å². The summed E-state index contributed by atoms with van der Waals surface area (Å²) >= 11 is 0. The molecule has 0 bridgehead atoms. The van der Waals surface area contributed by atoms with Crippen molar-refractivity contribution in [2.75, 3.05) is 26.4 Å². The van der Waals surface area contributed by atoms with Gasteiger partial charge in [-0.2, -0.15) is 0 Å². The molecule has 31 nitrogen and oxygen atoms in total. The molecule has 31 heteroatoms. The van der Waals surface area contributed by atoms with Crippen LogP contribution in [-0.4, -0.2) is 208 Å². The van der Waals surface area contributed by atoms with Crippen molar-refractivity contribution in [1.29, 1.82) is 0 Å². The molecule has 6 aromatic carbocycles. The number of carbonyl (C=O) groups is 12. The standard InChI is InChI=1S/C81H86N2O29/c1-43(62(76(94)112-81(8,9)10)83-80(95)99-39-58-56-37-25-23-35-54(56)55-36-24-26-38-57(55)58)100-77-63(82-44(2)84)67(111-79-71(104-49(7)89)68(103-48(6)88)65(102-47(5)87)59(107-79)40-96-45(3)85)64(101-46(4)86)61(105-77)42-98-78-70(110-75(93)53-33-21-14-22-34-53)69(109-74(92)52-31-19-13-20-32-52)66(108-73(91)51-29-17-12-18-30-51)60(106-78)41-97-72(90)50-27-15-11-16-28-50/h11-38,43,58-71,77-79H,39-42H2,1-10H3,(H,82,84)(H,83,95)/t43-,59?,60?,61?,62+,63?,64+,65+,66+,67-,68+,69+,70?,71?,77+,78-,79+/m1/s1. The van der Waals surface area contributed by atoms with Crippen LogP contribution in [0, 0.1) is 0 Å². The van der Waals surface area contributed by atoms with E-state index in [-0.39, 0.29) is 28.9 Å². The normalized spacial score (nSPS) is 24.4. The number of rotatable bonds is 28. The summed E-state index contributed by atoms with van der Waals surface area (Å²) in [7, 11) is 0. The van der Waals surface area contributed by atoms with E-state index in [0.29, 0.717) is 0 Å². The summed E-state index contributed by atoms with van der Waals surface area (Å²) in [6.45, 7) is 9.15. The molecule has 1 aliphatic carbocycles. The fourth-order valence-electron chi connectivity index (χ4n) is 13.1. The zero-order chi connectivity index (χ0) is 80.5. The summed E-state index contributed by atoms with van der Waals surface area (Å²) in [5.41, 5.74) is 2.25. The Labute approximate surface area is 643 Å². The van der Waals surface area contributed by atoms with Gasteiger partial charge in [0.2, 0.25) is 5.91 Å². The third-order valence-corrected chi connectivity index (χ3v) is 17.8. The number of benzene rings is 6. The fraction of sp³-hybridized carbons (Fsp3) is 0.407. The highest BCUT2D eigenvalue weighted by molar-refractivity contribution is 5.92. The molecular weight excluding hydrogens is 1460 g/mol. The second-order valence-electron chi connectivity index (χ2n) is 27.4. The highest BCUT2D eigenvalue weighted by Gasteiger charge is 2.59. The first-order valence-corrected chi connectivity index (χ1v) is 35.8. The lowest BCUT2D eigenvalue weighted by Gasteiger charge is -2.50. The van der Waals surface area contributed by atoms with E-state index in [2.05, 4.69) is 10.6 Å². The van der Waals surface area contributed by atoms with Gasteiger partial charge in [0, 0.05) is 47.5 Å². The third kappa shape index (κ3) is 21.8. The van der Waals surface area contributed by atoms with Crippen LogP contribution in [0.15, 0.2) is 170 Å². The quantitative estimate of drug-likeness (QED) is 0.0353. The van der Waals surface area contributed by atoms with E-state index >= 15 is 0 Å². The summed E-state index contributed by atoms with van der Waals surface area (Å²) < 4.78 is 106. The Morgan fingerprint density at radius 3 is 1.26 bits per heavy atom. The lowest BCUT2D eigenvalue weighted by Crippen LogP contribution is -2.70. The van der Waals surface area contributed by atoms with Crippen molar-refractivity contribution in [2.45, 2.75) is 185 Å². The van der Waals surface area contributed by atoms with Crippen molar-refractivity contribution in [3.8, 4) is 11.1 Å². The molecule has 3 fully saturated rings. The Morgan fingerprint density at radius 1 is 0.393 bits per heavy atom. The second kappa shape index (κ2) is 38.0. The SMILES string of the molecule is CC(=O)NC1[C@@H](O[C@H](C)[C@H](NC(=O)OCC2c3ccccc3-c3ccccc32)C(=O)OC(C)(C)C)OC(CO[C@@H]2OC(COC(=O)c3ccccc3)[C@H](OC(=O)c3ccccc3)[C@H](OC(=O)c3ccccc3)C2OC(=O)c2ccccc2)[C@H](OC(C)=O)[C@@H]1O[C@@H]1OC(COC(C)=O)[C@H](OC(C)=O)[C@H](OC(C)=O)C1OC(C)=O. The van der Waals surface area contributed by atoms with E-state index in [4.69, 9.17) is 80.5 Å². The number of esters is 10. The van der Waals surface area contributed by atoms with Crippen molar-refractivity contribution in [1.82, 2.24) is 10.6 Å². The molecule has 6 aromatic rings. The maximum atomic E-state index is 14.7. The van der Waals surface area contributed by atoms with Crippen LogP contribution in [-0.2, 0) is 114 Å². The largest absolute Gasteiger partial charge is 0.463 e. The molecular formula is C81H86N2O29. The van der Waals surface area contributed by atoms with Crippen LogP contribution < -0.4 is 10.6 Å². The van der Waals surface area contributed by atoms with Gasteiger partial charge in [0.1, 0.15) is 55.9 Å². The predicted octanol–water partition coefficient (Wildman–Crippen LogP) is 7.55. The summed E-state index contributed by atoms with van der Waals surface area (Å²) in [6.07, 6.45) is -30.1. The molecule has 4 aliphatic rings. The average molecular weight is 1550 g/mol. The maximum Gasteiger partial charge on any atom is 0.407 e. The first-order chi connectivity index (χ1) is 53.5. The van der Waals surface area contributed by atoms with Crippen molar-refractivity contribution in [3.05, 3.63) is 203 Å². The minimum absolute atomic E-state index is 0.0208. The molecule has 3 aliphatic heterocycles. The molecule has 3 saturated heterocycles. The Hall–Kier alpha value is -11.5. The summed E-state index contributed by atoms with van der Waals surface area (Å²) in [5, 5.41) is 5.27. The Bertz CT molecular complexity index is 4280. The molecule has 17 atom stereocenters. The monoisotopic (exact) mass is 1550 g/mol. The number of ether oxygens (including phenoxy) is 17. The number of alkyl carbamates (subject to hydrolysis) is 1. The molecule has 2 N–H and O–H groups in total. The molecule has 6 unspecified atom stereocenters. The van der Waals surface area contributed by atoms with Crippen LogP contribution in [0.2, 0.25) is 0 Å². The summed E-state index contributed by atoms with van der Waals surface area (Å²) in [6, 6.07) is 41.6. The van der Waals surface area contributed by atoms with Crippen LogP contribution in [0.4, 0.5) is 4.79 Å². The lowest BCUT2D eigenvalue weighted by molar-refractivity contribution is -0.355. The molecule has 3 heterocycles. The van der Waals surface area contributed by atoms with E-state index in [0.717, 1.165) is 63.8 Å². The molecule has 0 spiro atoms. The zero-order valence-electron chi connectivity index (χ0n) is 62.7. The van der Waals surface area contributed by atoms with Gasteiger partial charge in [-0.25, -0.2) is 28.8 Å². The Kier molecular flexibility index (Phi) is 28.1. The predicted molar refractivity (Wildman–Crippen MR) is 385 cm³/mol. The van der Waals surface area contributed by atoms with E-state index in [1.54, 1.807) is 69.3 Å². The van der Waals surface area contributed by atoms with Gasteiger partial charge in [-0.15, -0.1) is 0 Å². The van der Waals surface area contributed by atoms with E-state index in [9.17, 15) is 57.5 Å². The Balaban J connectivity index is 1.10. The van der Waals surface area contributed by atoms with Crippen LogP contribution in [0.25, 0.3) is 11.1 Å². The number of hydrogen-bond acceptors (Lipinski definition) is 29. The number of hydrogen-bond donors (Lipinski definition) is 2. The lowest BCUT2D eigenvalue weighted by atomic mass is 9.94. The van der Waals surface area contributed by atoms with Crippen LogP contribution >= 0.6 is 0 Å². The molecule has 0 radical (unpaired) electrons. The molecule has 10 rings (SSSR count). The van der Waals surface area contributed by atoms with Gasteiger partial charge >= 0.3 is 65.8 Å². The maximum absolute atomic E-state index is 14.7. The average Bonchev–Trinajstić information content (AvgIpc) is 1.73. The minimum atomic E-state index is -2.15. The smallest absolute Gasteiger partial charge is 0.407 e. The van der Waals surface area contributed by atoms with E-state index in [1.165, 1.54) is 79.7 Å². The van der Waals surface area contributed by atoms with E-state index < -0.39 is 207 Å². The highest BCUT2D eigenvalue weighted by Crippen LogP contribution is 2.45. The topological polar surface area (TPSA) is 386 Å². The first kappa shape index (κ1) is 83.0. The molecule has 112 heavy (non-hydrogen) atoms.